The molecule has 0 saturated carbocycles. The lowest BCUT2D eigenvalue weighted by Crippen LogP contribution is -2.72. The van der Waals surface area contributed by atoms with Crippen molar-refractivity contribution in [1.82, 2.24) is 25.5 Å². The summed E-state index contributed by atoms with van der Waals surface area (Å²) in [6, 6.07) is 6.73. The predicted molar refractivity (Wildman–Crippen MR) is 128 cm³/mol. The van der Waals surface area contributed by atoms with Gasteiger partial charge in [0.1, 0.15) is 18.0 Å². The van der Waals surface area contributed by atoms with E-state index in [4.69, 9.17) is 5.26 Å². The van der Waals surface area contributed by atoms with E-state index in [1.165, 1.54) is 11.3 Å². The Balaban J connectivity index is 1.37. The van der Waals surface area contributed by atoms with Crippen LogP contribution in [0, 0.1) is 11.3 Å². The number of piperidine rings is 2. The summed E-state index contributed by atoms with van der Waals surface area (Å²) in [5.41, 5.74) is 1.09. The standard InChI is InChI=1S/C24H26FN7OS/c1-23-7-4-8-24(2,31-23)21(25)17(10-23)32(3)19-12-27-22(30-29-19)15-6-5-14(9-18(15)33)16-13-34-20(11-26)28-16/h5-6,9,12-13,17,21,31,33H,4,7-8,10H2,1-3H3/t17-,21-,23-,24+/m0/s1. The Hall–Kier alpha value is -3.16. The summed E-state index contributed by atoms with van der Waals surface area (Å²) < 4.78 is 15.6. The Morgan fingerprint density at radius 2 is 2.12 bits per heavy atom. The fourth-order valence-electron chi connectivity index (χ4n) is 5.40. The number of nitrogens with zero attached hydrogens (tertiary/aromatic N) is 6. The third-order valence-corrected chi connectivity index (χ3v) is 7.91. The molecule has 0 aliphatic carbocycles. The lowest BCUT2D eigenvalue weighted by atomic mass is 9.68. The molecule has 2 aromatic heterocycles. The van der Waals surface area contributed by atoms with Gasteiger partial charge in [-0.05, 0) is 51.7 Å². The highest BCUT2D eigenvalue weighted by Gasteiger charge is 2.53. The SMILES string of the molecule is CN(c1cnc(-c2ccc(-c3csc(C#N)n3)cc2O)nn1)[C@H]1C[C@]2(C)CCC[C@@](C)(N2)[C@H]1F. The fourth-order valence-corrected chi connectivity index (χ4v) is 6.02. The molecule has 4 atom stereocenters. The van der Waals surface area contributed by atoms with E-state index in [-0.39, 0.29) is 23.2 Å². The maximum atomic E-state index is 15.6. The van der Waals surface area contributed by atoms with Crippen LogP contribution in [-0.2, 0) is 0 Å². The van der Waals surface area contributed by atoms with Crippen molar-refractivity contribution in [2.45, 2.75) is 62.8 Å². The number of aromatic hydroxyl groups is 1. The number of halogens is 1. The van der Waals surface area contributed by atoms with Gasteiger partial charge < -0.3 is 15.3 Å². The molecular weight excluding hydrogens is 453 g/mol. The highest BCUT2D eigenvalue weighted by Crippen LogP contribution is 2.43. The van der Waals surface area contributed by atoms with Crippen molar-refractivity contribution in [3.63, 3.8) is 0 Å². The number of nitrogens with one attached hydrogen (secondary N) is 1. The molecule has 34 heavy (non-hydrogen) atoms. The monoisotopic (exact) mass is 479 g/mol. The van der Waals surface area contributed by atoms with Crippen LogP contribution >= 0.6 is 11.3 Å². The first-order valence-electron chi connectivity index (χ1n) is 11.3. The maximum absolute atomic E-state index is 15.6. The van der Waals surface area contributed by atoms with Gasteiger partial charge >= 0.3 is 0 Å². The Morgan fingerprint density at radius 1 is 1.29 bits per heavy atom. The van der Waals surface area contributed by atoms with Crippen LogP contribution in [0.3, 0.4) is 0 Å². The van der Waals surface area contributed by atoms with E-state index >= 15 is 4.39 Å². The van der Waals surface area contributed by atoms with E-state index in [0.29, 0.717) is 34.1 Å². The molecule has 2 fully saturated rings. The summed E-state index contributed by atoms with van der Waals surface area (Å²) in [5, 5.41) is 33.7. The number of alkyl halides is 1. The second kappa shape index (κ2) is 8.25. The van der Waals surface area contributed by atoms with Gasteiger partial charge in [0.25, 0.3) is 0 Å². The number of hydrogen-bond acceptors (Lipinski definition) is 9. The Labute approximate surface area is 201 Å². The van der Waals surface area contributed by atoms with Crippen LogP contribution in [0.4, 0.5) is 10.2 Å². The van der Waals surface area contributed by atoms with Crippen molar-refractivity contribution in [3.05, 3.63) is 34.8 Å². The van der Waals surface area contributed by atoms with Gasteiger partial charge in [-0.3, -0.25) is 0 Å². The molecule has 4 heterocycles. The number of nitriles is 1. The first-order chi connectivity index (χ1) is 16.2. The number of anilines is 1. The lowest BCUT2D eigenvalue weighted by Gasteiger charge is -2.56. The molecule has 176 valence electrons. The number of thiazole rings is 1. The topological polar surface area (TPSA) is 111 Å². The molecule has 1 aromatic carbocycles. The van der Waals surface area contributed by atoms with E-state index in [1.54, 1.807) is 29.8 Å². The summed E-state index contributed by atoms with van der Waals surface area (Å²) in [6.07, 6.45) is 4.07. The average molecular weight is 480 g/mol. The van der Waals surface area contributed by atoms with E-state index in [1.807, 2.05) is 24.9 Å². The highest BCUT2D eigenvalue weighted by atomic mass is 32.1. The summed E-state index contributed by atoms with van der Waals surface area (Å²) in [5.74, 6) is 0.754. The van der Waals surface area contributed by atoms with Gasteiger partial charge in [-0.15, -0.1) is 21.5 Å². The predicted octanol–water partition coefficient (Wildman–Crippen LogP) is 4.08. The van der Waals surface area contributed by atoms with Crippen LogP contribution in [0.1, 0.15) is 44.5 Å². The quantitative estimate of drug-likeness (QED) is 0.576. The van der Waals surface area contributed by atoms with Crippen molar-refractivity contribution in [3.8, 4) is 34.5 Å². The molecule has 3 aromatic rings. The maximum Gasteiger partial charge on any atom is 0.194 e. The number of phenols is 1. The molecule has 0 radical (unpaired) electrons. The van der Waals surface area contributed by atoms with E-state index in [9.17, 15) is 5.11 Å². The second-order valence-electron chi connectivity index (χ2n) is 9.76. The van der Waals surface area contributed by atoms with Gasteiger partial charge in [0.15, 0.2) is 16.6 Å². The molecular formula is C24H26FN7OS. The smallest absolute Gasteiger partial charge is 0.194 e. The van der Waals surface area contributed by atoms with Crippen LogP contribution in [0.15, 0.2) is 29.8 Å². The number of hydrogen-bond donors (Lipinski definition) is 2. The van der Waals surface area contributed by atoms with Crippen LogP contribution in [0.2, 0.25) is 0 Å². The highest BCUT2D eigenvalue weighted by molar-refractivity contribution is 7.10. The van der Waals surface area contributed by atoms with E-state index in [0.717, 1.165) is 19.3 Å². The zero-order valence-corrected chi connectivity index (χ0v) is 20.1. The van der Waals surface area contributed by atoms with Crippen LogP contribution in [0.25, 0.3) is 22.6 Å². The molecule has 2 saturated heterocycles. The van der Waals surface area contributed by atoms with Crippen molar-refractivity contribution in [1.29, 1.82) is 5.26 Å². The molecule has 2 aliphatic rings. The second-order valence-corrected chi connectivity index (χ2v) is 10.6. The minimum Gasteiger partial charge on any atom is -0.507 e. The normalized spacial score (nSPS) is 28.3. The lowest BCUT2D eigenvalue weighted by molar-refractivity contribution is 0.00193. The first kappa shape index (κ1) is 22.6. The van der Waals surface area contributed by atoms with Gasteiger partial charge in [0.05, 0.1) is 23.5 Å². The van der Waals surface area contributed by atoms with Crippen LogP contribution < -0.4 is 10.2 Å². The molecule has 2 aliphatic heterocycles. The van der Waals surface area contributed by atoms with Gasteiger partial charge in [0.2, 0.25) is 0 Å². The average Bonchev–Trinajstić information content (AvgIpc) is 3.30. The van der Waals surface area contributed by atoms with Crippen molar-refractivity contribution >= 4 is 17.2 Å². The van der Waals surface area contributed by atoms with E-state index in [2.05, 4.69) is 32.4 Å². The van der Waals surface area contributed by atoms with Crippen molar-refractivity contribution in [2.24, 2.45) is 0 Å². The Morgan fingerprint density at radius 3 is 2.79 bits per heavy atom. The number of phenolic OH excluding ortho intramolecular Hbond substituents is 1. The minimum atomic E-state index is -1.05. The molecule has 0 spiro atoms. The molecule has 10 heteroatoms. The van der Waals surface area contributed by atoms with Gasteiger partial charge in [0, 0.05) is 29.1 Å². The molecule has 0 unspecified atom stereocenters. The molecule has 8 nitrogen and oxygen atoms in total. The summed E-state index contributed by atoms with van der Waals surface area (Å²) in [7, 11) is 1.84. The number of fused-ring (bicyclic) bond motifs is 2. The Kier molecular flexibility index (Phi) is 5.49. The fraction of sp³-hybridized carbons (Fsp3) is 0.458. The number of rotatable bonds is 4. The van der Waals surface area contributed by atoms with Gasteiger partial charge in [-0.1, -0.05) is 6.07 Å². The molecule has 2 N–H and O–H groups in total. The zero-order valence-electron chi connectivity index (χ0n) is 19.3. The third kappa shape index (κ3) is 3.89. The summed E-state index contributed by atoms with van der Waals surface area (Å²) >= 11 is 1.25. The van der Waals surface area contributed by atoms with Crippen LogP contribution in [0.5, 0.6) is 5.75 Å². The molecule has 5 rings (SSSR count). The first-order valence-corrected chi connectivity index (χ1v) is 12.1. The van der Waals surface area contributed by atoms with Gasteiger partial charge in [-0.25, -0.2) is 14.4 Å². The van der Waals surface area contributed by atoms with E-state index < -0.39 is 11.7 Å². The third-order valence-electron chi connectivity index (χ3n) is 7.16. The summed E-state index contributed by atoms with van der Waals surface area (Å²) in [6.45, 7) is 4.14. The largest absolute Gasteiger partial charge is 0.507 e. The summed E-state index contributed by atoms with van der Waals surface area (Å²) in [4.78, 5) is 10.5. The van der Waals surface area contributed by atoms with Crippen LogP contribution in [-0.4, -0.2) is 55.6 Å². The zero-order chi connectivity index (χ0) is 24.1. The Bertz CT molecular complexity index is 1260. The van der Waals surface area contributed by atoms with Crippen molar-refractivity contribution < 1.29 is 9.50 Å². The van der Waals surface area contributed by atoms with Crippen molar-refractivity contribution in [2.75, 3.05) is 11.9 Å². The van der Waals surface area contributed by atoms with Gasteiger partial charge in [-0.2, -0.15) is 5.26 Å². The molecule has 0 amide bonds. The molecule has 2 bridgehead atoms. The number of aromatic nitrogens is 4. The number of benzene rings is 1. The minimum absolute atomic E-state index is 0.0113.